The van der Waals surface area contributed by atoms with Gasteiger partial charge in [-0.3, -0.25) is 0 Å². The van der Waals surface area contributed by atoms with Gasteiger partial charge in [0.05, 0.1) is 0 Å². The Morgan fingerprint density at radius 2 is 2.00 bits per heavy atom. The van der Waals surface area contributed by atoms with Crippen molar-refractivity contribution in [2.45, 2.75) is 26.2 Å². The zero-order chi connectivity index (χ0) is 8.10. The first-order chi connectivity index (χ1) is 5.36. The molecule has 0 aromatic carbocycles. The van der Waals surface area contributed by atoms with Crippen molar-refractivity contribution in [2.24, 2.45) is 5.92 Å². The molecule has 0 aromatic heterocycles. The summed E-state index contributed by atoms with van der Waals surface area (Å²) in [5, 5.41) is 0. The molecule has 0 aliphatic carbocycles. The van der Waals surface area contributed by atoms with Crippen LogP contribution in [-0.4, -0.2) is 30.3 Å². The Kier molecular flexibility index (Phi) is 4.31. The van der Waals surface area contributed by atoms with Gasteiger partial charge in [-0.15, -0.1) is 0 Å². The van der Waals surface area contributed by atoms with E-state index in [4.69, 9.17) is 0 Å². The van der Waals surface area contributed by atoms with Gasteiger partial charge < -0.3 is 4.90 Å². The molecule has 1 nitrogen and oxygen atoms in total. The molecule has 2 heteroatoms. The molecule has 66 valence electrons. The van der Waals surface area contributed by atoms with Gasteiger partial charge >= 0.3 is 0 Å². The topological polar surface area (TPSA) is 3.24 Å². The molecular weight excluding hydrogens is 154 g/mol. The van der Waals surface area contributed by atoms with Crippen LogP contribution >= 0.6 is 12.6 Å². The van der Waals surface area contributed by atoms with Gasteiger partial charge in [0, 0.05) is 0 Å². The van der Waals surface area contributed by atoms with E-state index >= 15 is 0 Å². The number of likely N-dealkylation sites (tertiary alicyclic amines) is 1. The second-order valence-corrected chi connectivity index (χ2v) is 3.84. The molecule has 0 N–H and O–H groups in total. The van der Waals surface area contributed by atoms with Crippen molar-refractivity contribution >= 4 is 12.6 Å². The third kappa shape index (κ3) is 3.04. The van der Waals surface area contributed by atoms with Gasteiger partial charge in [-0.2, -0.15) is 12.6 Å². The van der Waals surface area contributed by atoms with Crippen LogP contribution in [0, 0.1) is 5.92 Å². The number of nitrogens with zero attached hydrogens (tertiary/aromatic N) is 1. The van der Waals surface area contributed by atoms with Crippen LogP contribution in [0.3, 0.4) is 0 Å². The predicted octanol–water partition coefficient (Wildman–Crippen LogP) is 2.04. The minimum Gasteiger partial charge on any atom is -0.304 e. The van der Waals surface area contributed by atoms with Crippen molar-refractivity contribution in [3.63, 3.8) is 0 Å². The van der Waals surface area contributed by atoms with Crippen molar-refractivity contribution in [1.82, 2.24) is 4.90 Å². The van der Waals surface area contributed by atoms with Crippen molar-refractivity contribution < 1.29 is 0 Å². The number of thiol groups is 1. The first kappa shape index (κ1) is 9.40. The molecule has 11 heavy (non-hydrogen) atoms. The third-order valence-electron chi connectivity index (χ3n) is 2.69. The smallest absolute Gasteiger partial charge is 0.00162 e. The zero-order valence-corrected chi connectivity index (χ0v) is 8.32. The molecule has 1 aliphatic rings. The first-order valence-corrected chi connectivity index (χ1v) is 5.33. The van der Waals surface area contributed by atoms with E-state index in [-0.39, 0.29) is 0 Å². The lowest BCUT2D eigenvalue weighted by molar-refractivity contribution is 0.190. The van der Waals surface area contributed by atoms with Crippen LogP contribution in [0.25, 0.3) is 0 Å². The zero-order valence-electron chi connectivity index (χ0n) is 7.42. The average molecular weight is 173 g/mol. The molecule has 1 fully saturated rings. The molecular formula is C9H19NS. The highest BCUT2D eigenvalue weighted by Gasteiger charge is 2.16. The minimum atomic E-state index is 0.968. The summed E-state index contributed by atoms with van der Waals surface area (Å²) >= 11 is 4.26. The van der Waals surface area contributed by atoms with Gasteiger partial charge in [0.25, 0.3) is 0 Å². The standard InChI is InChI=1S/C9H19NS/c1-2-10-6-3-9(4-7-10)5-8-11/h9,11H,2-8H2,1H3. The molecule has 1 saturated heterocycles. The van der Waals surface area contributed by atoms with Crippen molar-refractivity contribution in [3.8, 4) is 0 Å². The lowest BCUT2D eigenvalue weighted by Gasteiger charge is -2.30. The maximum atomic E-state index is 4.26. The van der Waals surface area contributed by atoms with Crippen LogP contribution in [0.2, 0.25) is 0 Å². The molecule has 0 bridgehead atoms. The molecule has 0 unspecified atom stereocenters. The lowest BCUT2D eigenvalue weighted by atomic mass is 9.94. The van der Waals surface area contributed by atoms with E-state index < -0.39 is 0 Å². The maximum absolute atomic E-state index is 4.26. The Morgan fingerprint density at radius 3 is 2.45 bits per heavy atom. The SMILES string of the molecule is CCN1CCC(CCS)CC1. The summed E-state index contributed by atoms with van der Waals surface area (Å²) in [5.74, 6) is 2.03. The first-order valence-electron chi connectivity index (χ1n) is 4.70. The summed E-state index contributed by atoms with van der Waals surface area (Å²) in [5.41, 5.74) is 0. The van der Waals surface area contributed by atoms with Gasteiger partial charge in [0.15, 0.2) is 0 Å². The van der Waals surface area contributed by atoms with Crippen LogP contribution < -0.4 is 0 Å². The van der Waals surface area contributed by atoms with Crippen molar-refractivity contribution in [3.05, 3.63) is 0 Å². The Bertz CT molecular complexity index is 97.7. The van der Waals surface area contributed by atoms with E-state index in [0.29, 0.717) is 0 Å². The largest absolute Gasteiger partial charge is 0.304 e. The highest BCUT2D eigenvalue weighted by atomic mass is 32.1. The molecule has 0 atom stereocenters. The third-order valence-corrected chi connectivity index (χ3v) is 2.95. The summed E-state index contributed by atoms with van der Waals surface area (Å²) in [6, 6.07) is 0. The minimum absolute atomic E-state index is 0.968. The predicted molar refractivity (Wildman–Crippen MR) is 53.3 cm³/mol. The number of piperidine rings is 1. The molecule has 0 aromatic rings. The molecule has 1 heterocycles. The van der Waals surface area contributed by atoms with Crippen LogP contribution in [0.1, 0.15) is 26.2 Å². The molecule has 0 spiro atoms. The molecule has 0 saturated carbocycles. The van der Waals surface area contributed by atoms with E-state index in [9.17, 15) is 0 Å². The Labute approximate surface area is 75.6 Å². The Balaban J connectivity index is 2.14. The maximum Gasteiger partial charge on any atom is -0.00162 e. The summed E-state index contributed by atoms with van der Waals surface area (Å²) < 4.78 is 0. The lowest BCUT2D eigenvalue weighted by Crippen LogP contribution is -2.33. The number of rotatable bonds is 3. The van der Waals surface area contributed by atoms with E-state index in [2.05, 4.69) is 24.5 Å². The Hall–Kier alpha value is 0.310. The monoisotopic (exact) mass is 173 g/mol. The molecule has 0 radical (unpaired) electrons. The van der Waals surface area contributed by atoms with Gasteiger partial charge in [-0.1, -0.05) is 6.92 Å². The quantitative estimate of drug-likeness (QED) is 0.639. The van der Waals surface area contributed by atoms with Crippen molar-refractivity contribution in [2.75, 3.05) is 25.4 Å². The van der Waals surface area contributed by atoms with Crippen LogP contribution in [0.5, 0.6) is 0 Å². The normalized spacial score (nSPS) is 22.4. The molecule has 0 amide bonds. The highest BCUT2D eigenvalue weighted by molar-refractivity contribution is 7.80. The van der Waals surface area contributed by atoms with Gasteiger partial charge in [0.2, 0.25) is 0 Å². The molecule has 1 aliphatic heterocycles. The highest BCUT2D eigenvalue weighted by Crippen LogP contribution is 2.20. The summed E-state index contributed by atoms with van der Waals surface area (Å²) in [7, 11) is 0. The van der Waals surface area contributed by atoms with E-state index in [0.717, 1.165) is 11.7 Å². The summed E-state index contributed by atoms with van der Waals surface area (Å²) in [6.45, 7) is 6.11. The second kappa shape index (κ2) is 5.04. The number of hydrogen-bond donors (Lipinski definition) is 1. The van der Waals surface area contributed by atoms with E-state index in [1.165, 1.54) is 38.9 Å². The van der Waals surface area contributed by atoms with Crippen molar-refractivity contribution in [1.29, 1.82) is 0 Å². The van der Waals surface area contributed by atoms with Gasteiger partial charge in [-0.25, -0.2) is 0 Å². The number of hydrogen-bond acceptors (Lipinski definition) is 2. The van der Waals surface area contributed by atoms with Crippen LogP contribution in [0.15, 0.2) is 0 Å². The fraction of sp³-hybridized carbons (Fsp3) is 1.00. The Morgan fingerprint density at radius 1 is 1.36 bits per heavy atom. The van der Waals surface area contributed by atoms with Crippen LogP contribution in [0.4, 0.5) is 0 Å². The van der Waals surface area contributed by atoms with E-state index in [1.807, 2.05) is 0 Å². The molecule has 1 rings (SSSR count). The average Bonchev–Trinajstić information content (AvgIpc) is 2.07. The fourth-order valence-corrected chi connectivity index (χ4v) is 2.14. The van der Waals surface area contributed by atoms with Crippen LogP contribution in [-0.2, 0) is 0 Å². The fourth-order valence-electron chi connectivity index (χ4n) is 1.77. The summed E-state index contributed by atoms with van der Waals surface area (Å²) in [6.07, 6.45) is 4.11. The van der Waals surface area contributed by atoms with Gasteiger partial charge in [-0.05, 0) is 50.6 Å². The second-order valence-electron chi connectivity index (χ2n) is 3.39. The van der Waals surface area contributed by atoms with Gasteiger partial charge in [0.1, 0.15) is 0 Å². The summed E-state index contributed by atoms with van der Waals surface area (Å²) in [4.78, 5) is 2.54. The van der Waals surface area contributed by atoms with E-state index in [1.54, 1.807) is 0 Å².